The summed E-state index contributed by atoms with van der Waals surface area (Å²) in [6, 6.07) is 0. The van der Waals surface area contributed by atoms with Crippen LogP contribution in [0.5, 0.6) is 0 Å². The van der Waals surface area contributed by atoms with Crippen molar-refractivity contribution in [2.75, 3.05) is 12.0 Å². The zero-order chi connectivity index (χ0) is 11.1. The lowest BCUT2D eigenvalue weighted by atomic mass is 9.88. The summed E-state index contributed by atoms with van der Waals surface area (Å²) < 4.78 is 0. The first-order valence-electron chi connectivity index (χ1n) is 5.81. The third-order valence-electron chi connectivity index (χ3n) is 3.90. The topological polar surface area (TPSA) is 64.7 Å². The Morgan fingerprint density at radius 1 is 1.19 bits per heavy atom. The monoisotopic (exact) mass is 236 g/mol. The van der Waals surface area contributed by atoms with E-state index in [2.05, 4.69) is 15.0 Å². The summed E-state index contributed by atoms with van der Waals surface area (Å²) in [7, 11) is 0. The molecule has 1 aromatic rings. The van der Waals surface area contributed by atoms with Crippen LogP contribution in [-0.4, -0.2) is 21.2 Å². The smallest absolute Gasteiger partial charge is 0.224 e. The highest BCUT2D eigenvalue weighted by Gasteiger charge is 2.41. The number of thioether (sulfide) groups is 1. The maximum atomic E-state index is 5.73. The summed E-state index contributed by atoms with van der Waals surface area (Å²) in [5, 5.41) is 0.755. The molecular weight excluding hydrogens is 220 g/mol. The molecule has 2 aliphatic carbocycles. The van der Waals surface area contributed by atoms with Crippen LogP contribution in [-0.2, 0) is 0 Å². The zero-order valence-corrected chi connectivity index (χ0v) is 10.2. The van der Waals surface area contributed by atoms with Gasteiger partial charge < -0.3 is 5.73 Å². The molecule has 1 aromatic heterocycles. The molecule has 2 saturated carbocycles. The predicted molar refractivity (Wildman–Crippen MR) is 64.2 cm³/mol. The van der Waals surface area contributed by atoms with Crippen LogP contribution in [0.1, 0.15) is 37.4 Å². The van der Waals surface area contributed by atoms with Crippen molar-refractivity contribution in [1.82, 2.24) is 15.0 Å². The average Bonchev–Trinajstić information content (AvgIpc) is 2.89. The lowest BCUT2D eigenvalue weighted by molar-refractivity contribution is 0.402. The molecule has 5 heteroatoms. The molecule has 3 rings (SSSR count). The number of fused-ring (bicyclic) bond motifs is 2. The average molecular weight is 236 g/mol. The van der Waals surface area contributed by atoms with Crippen LogP contribution in [0.25, 0.3) is 0 Å². The number of anilines is 1. The van der Waals surface area contributed by atoms with Gasteiger partial charge in [-0.3, -0.25) is 0 Å². The van der Waals surface area contributed by atoms with Crippen LogP contribution < -0.4 is 5.73 Å². The van der Waals surface area contributed by atoms with Gasteiger partial charge in [0.15, 0.2) is 5.16 Å². The molecule has 0 saturated heterocycles. The Bertz CT molecular complexity index is 409. The van der Waals surface area contributed by atoms with E-state index in [0.29, 0.717) is 11.9 Å². The molecule has 0 amide bonds. The van der Waals surface area contributed by atoms with Crippen LogP contribution in [0, 0.1) is 11.8 Å². The van der Waals surface area contributed by atoms with Crippen LogP contribution in [0.4, 0.5) is 5.95 Å². The molecule has 3 atom stereocenters. The Kier molecular flexibility index (Phi) is 2.50. The number of nitrogen functional groups attached to an aromatic ring is 1. The third kappa shape index (κ3) is 1.67. The molecule has 1 heterocycles. The Morgan fingerprint density at radius 2 is 2.06 bits per heavy atom. The van der Waals surface area contributed by atoms with Gasteiger partial charge in [0, 0.05) is 5.92 Å². The number of hydrogen-bond acceptors (Lipinski definition) is 5. The summed E-state index contributed by atoms with van der Waals surface area (Å²) in [5.41, 5.74) is 5.73. The Hall–Kier alpha value is -0.840. The highest BCUT2D eigenvalue weighted by atomic mass is 32.2. The van der Waals surface area contributed by atoms with Crippen LogP contribution in [0.3, 0.4) is 0 Å². The first-order chi connectivity index (χ1) is 7.76. The fourth-order valence-corrected chi connectivity index (χ4v) is 3.58. The molecule has 0 aliphatic heterocycles. The van der Waals surface area contributed by atoms with Gasteiger partial charge in [-0.2, -0.15) is 9.97 Å². The van der Waals surface area contributed by atoms with E-state index in [1.807, 2.05) is 6.26 Å². The van der Waals surface area contributed by atoms with Crippen molar-refractivity contribution < 1.29 is 0 Å². The van der Waals surface area contributed by atoms with Gasteiger partial charge in [0.1, 0.15) is 5.82 Å². The molecule has 86 valence electrons. The fourth-order valence-electron chi connectivity index (χ4n) is 3.21. The van der Waals surface area contributed by atoms with Gasteiger partial charge in [-0.1, -0.05) is 18.2 Å². The predicted octanol–water partition coefficient (Wildman–Crippen LogP) is 2.08. The SMILES string of the molecule is CSc1nc(N)nc(C2CC3CCC2C3)n1. The van der Waals surface area contributed by atoms with E-state index in [1.165, 1.54) is 37.4 Å². The van der Waals surface area contributed by atoms with Crippen molar-refractivity contribution in [2.45, 2.75) is 36.8 Å². The largest absolute Gasteiger partial charge is 0.368 e. The Labute approximate surface area is 99.5 Å². The van der Waals surface area contributed by atoms with E-state index in [-0.39, 0.29) is 0 Å². The van der Waals surface area contributed by atoms with Crippen LogP contribution in [0.15, 0.2) is 5.16 Å². The van der Waals surface area contributed by atoms with Crippen molar-refractivity contribution in [3.63, 3.8) is 0 Å². The van der Waals surface area contributed by atoms with E-state index in [4.69, 9.17) is 5.73 Å². The molecular formula is C11H16N4S. The zero-order valence-electron chi connectivity index (χ0n) is 9.39. The second-order valence-corrected chi connectivity index (χ2v) is 5.59. The van der Waals surface area contributed by atoms with Crippen LogP contribution >= 0.6 is 11.8 Å². The minimum atomic E-state index is 0.372. The Morgan fingerprint density at radius 3 is 2.69 bits per heavy atom. The molecule has 0 spiro atoms. The van der Waals surface area contributed by atoms with Crippen molar-refractivity contribution >= 4 is 17.7 Å². The summed E-state index contributed by atoms with van der Waals surface area (Å²) in [5.74, 6) is 3.54. The number of nitrogens with zero attached hydrogens (tertiary/aromatic N) is 3. The molecule has 16 heavy (non-hydrogen) atoms. The third-order valence-corrected chi connectivity index (χ3v) is 4.45. The van der Waals surface area contributed by atoms with E-state index < -0.39 is 0 Å². The van der Waals surface area contributed by atoms with Crippen molar-refractivity contribution in [1.29, 1.82) is 0 Å². The normalized spacial score (nSPS) is 32.2. The first-order valence-corrected chi connectivity index (χ1v) is 7.04. The molecule has 2 bridgehead atoms. The molecule has 2 aliphatic rings. The van der Waals surface area contributed by atoms with Crippen LogP contribution in [0.2, 0.25) is 0 Å². The maximum Gasteiger partial charge on any atom is 0.224 e. The lowest BCUT2D eigenvalue weighted by Gasteiger charge is -2.20. The quantitative estimate of drug-likeness (QED) is 0.796. The number of aromatic nitrogens is 3. The highest BCUT2D eigenvalue weighted by molar-refractivity contribution is 7.98. The summed E-state index contributed by atoms with van der Waals surface area (Å²) in [6.07, 6.45) is 7.33. The second kappa shape index (κ2) is 3.87. The van der Waals surface area contributed by atoms with Gasteiger partial charge in [0.2, 0.25) is 5.95 Å². The Balaban J connectivity index is 1.91. The van der Waals surface area contributed by atoms with E-state index in [1.54, 1.807) is 0 Å². The summed E-state index contributed by atoms with van der Waals surface area (Å²) in [4.78, 5) is 12.9. The standard InChI is InChI=1S/C11H16N4S/c1-16-11-14-9(13-10(12)15-11)8-5-6-2-3-7(8)4-6/h6-8H,2-5H2,1H3,(H2,12,13,14,15). The number of nitrogens with two attached hydrogens (primary N) is 1. The van der Waals surface area contributed by atoms with Gasteiger partial charge >= 0.3 is 0 Å². The molecule has 4 nitrogen and oxygen atoms in total. The molecule has 2 fully saturated rings. The lowest BCUT2D eigenvalue weighted by Crippen LogP contribution is -2.14. The van der Waals surface area contributed by atoms with E-state index >= 15 is 0 Å². The molecule has 0 aromatic carbocycles. The summed E-state index contributed by atoms with van der Waals surface area (Å²) in [6.45, 7) is 0. The van der Waals surface area contributed by atoms with Gasteiger partial charge in [-0.05, 0) is 37.4 Å². The number of hydrogen-bond donors (Lipinski definition) is 1. The van der Waals surface area contributed by atoms with Crippen molar-refractivity contribution in [2.24, 2.45) is 11.8 Å². The second-order valence-electron chi connectivity index (χ2n) is 4.82. The van der Waals surface area contributed by atoms with Gasteiger partial charge in [-0.25, -0.2) is 4.98 Å². The van der Waals surface area contributed by atoms with E-state index in [9.17, 15) is 0 Å². The molecule has 3 unspecified atom stereocenters. The fraction of sp³-hybridized carbons (Fsp3) is 0.727. The van der Waals surface area contributed by atoms with E-state index in [0.717, 1.165) is 22.8 Å². The number of rotatable bonds is 2. The first kappa shape index (κ1) is 10.3. The minimum Gasteiger partial charge on any atom is -0.368 e. The minimum absolute atomic E-state index is 0.372. The van der Waals surface area contributed by atoms with Gasteiger partial charge in [0.25, 0.3) is 0 Å². The molecule has 2 N–H and O–H groups in total. The summed E-state index contributed by atoms with van der Waals surface area (Å²) >= 11 is 1.53. The molecule has 0 radical (unpaired) electrons. The maximum absolute atomic E-state index is 5.73. The highest BCUT2D eigenvalue weighted by Crippen LogP contribution is 2.52. The van der Waals surface area contributed by atoms with Gasteiger partial charge in [-0.15, -0.1) is 0 Å². The van der Waals surface area contributed by atoms with Crippen molar-refractivity contribution in [3.8, 4) is 0 Å². The van der Waals surface area contributed by atoms with Gasteiger partial charge in [0.05, 0.1) is 0 Å². The van der Waals surface area contributed by atoms with Crippen molar-refractivity contribution in [3.05, 3.63) is 5.82 Å².